The molecule has 0 amide bonds. The second kappa shape index (κ2) is 2.80. The van der Waals surface area contributed by atoms with Gasteiger partial charge >= 0.3 is 0 Å². The molecule has 1 N–H and O–H groups in total. The molecule has 0 radical (unpaired) electrons. The molecule has 0 fully saturated rings. The summed E-state index contributed by atoms with van der Waals surface area (Å²) in [6.45, 7) is 0. The highest BCUT2D eigenvalue weighted by molar-refractivity contribution is 7.08. The summed E-state index contributed by atoms with van der Waals surface area (Å²) in [5, 5.41) is 19.1. The summed E-state index contributed by atoms with van der Waals surface area (Å²) in [4.78, 5) is 0. The van der Waals surface area contributed by atoms with E-state index in [1.54, 1.807) is 17.5 Å². The van der Waals surface area contributed by atoms with Crippen molar-refractivity contribution in [1.82, 2.24) is 10.2 Å². The molecule has 0 spiro atoms. The molecular formula is C8H5N3S. The third kappa shape index (κ3) is 1.00. The molecule has 0 aliphatic rings. The van der Waals surface area contributed by atoms with Gasteiger partial charge in [0.25, 0.3) is 0 Å². The second-order valence-electron chi connectivity index (χ2n) is 2.27. The first-order valence-corrected chi connectivity index (χ1v) is 4.32. The standard InChI is InChI=1S/C8H5N3S/c9-3-8-7(4-10-11-8)6-1-2-12-5-6/h1-2,4-5H,(H,10,11). The predicted octanol–water partition coefficient (Wildman–Crippen LogP) is 2.01. The van der Waals surface area contributed by atoms with Gasteiger partial charge in [-0.05, 0) is 22.4 Å². The lowest BCUT2D eigenvalue weighted by Crippen LogP contribution is -1.76. The molecule has 2 aromatic heterocycles. The topological polar surface area (TPSA) is 52.5 Å². The lowest BCUT2D eigenvalue weighted by atomic mass is 10.1. The van der Waals surface area contributed by atoms with E-state index in [2.05, 4.69) is 10.2 Å². The van der Waals surface area contributed by atoms with Crippen LogP contribution in [0.1, 0.15) is 5.69 Å². The maximum absolute atomic E-state index is 8.68. The summed E-state index contributed by atoms with van der Waals surface area (Å²) in [5.41, 5.74) is 2.37. The average molecular weight is 175 g/mol. The summed E-state index contributed by atoms with van der Waals surface area (Å²) in [6.07, 6.45) is 1.74. The Bertz CT molecular complexity index is 408. The third-order valence-corrected chi connectivity index (χ3v) is 2.26. The number of aromatic nitrogens is 2. The minimum Gasteiger partial charge on any atom is -0.284 e. The molecule has 0 aromatic carbocycles. The van der Waals surface area contributed by atoms with Gasteiger partial charge in [0.15, 0.2) is 5.69 Å². The Hall–Kier alpha value is -1.60. The SMILES string of the molecule is N#Cc1n[nH]cc1-c1ccsc1. The smallest absolute Gasteiger partial charge is 0.170 e. The molecule has 58 valence electrons. The first-order chi connectivity index (χ1) is 5.92. The number of nitrogens with zero attached hydrogens (tertiary/aromatic N) is 2. The molecule has 2 aromatic rings. The molecule has 4 heteroatoms. The van der Waals surface area contributed by atoms with Crippen molar-refractivity contribution < 1.29 is 0 Å². The van der Waals surface area contributed by atoms with Crippen molar-refractivity contribution in [3.63, 3.8) is 0 Å². The molecule has 0 aliphatic heterocycles. The molecule has 2 heterocycles. The summed E-state index contributed by atoms with van der Waals surface area (Å²) in [7, 11) is 0. The van der Waals surface area contributed by atoms with E-state index in [0.29, 0.717) is 5.69 Å². The van der Waals surface area contributed by atoms with Crippen molar-refractivity contribution in [3.8, 4) is 17.2 Å². The molecule has 0 aliphatic carbocycles. The van der Waals surface area contributed by atoms with E-state index in [1.807, 2.05) is 22.9 Å². The van der Waals surface area contributed by atoms with Crippen molar-refractivity contribution in [3.05, 3.63) is 28.7 Å². The van der Waals surface area contributed by atoms with Gasteiger partial charge in [-0.3, -0.25) is 5.10 Å². The summed E-state index contributed by atoms with van der Waals surface area (Å²) >= 11 is 1.61. The van der Waals surface area contributed by atoms with Gasteiger partial charge in [0.1, 0.15) is 6.07 Å². The predicted molar refractivity (Wildman–Crippen MR) is 46.6 cm³/mol. The third-order valence-electron chi connectivity index (χ3n) is 1.58. The molecule has 2 rings (SSSR count). The first-order valence-electron chi connectivity index (χ1n) is 3.38. The van der Waals surface area contributed by atoms with Crippen LogP contribution in [0.25, 0.3) is 11.1 Å². The number of nitriles is 1. The molecule has 0 bridgehead atoms. The van der Waals surface area contributed by atoms with Crippen molar-refractivity contribution >= 4 is 11.3 Å². The summed E-state index contributed by atoms with van der Waals surface area (Å²) < 4.78 is 0. The Labute approximate surface area is 73.3 Å². The minimum absolute atomic E-state index is 0.452. The lowest BCUT2D eigenvalue weighted by molar-refractivity contribution is 1.07. The Morgan fingerprint density at radius 2 is 2.50 bits per heavy atom. The van der Waals surface area contributed by atoms with E-state index < -0.39 is 0 Å². The van der Waals surface area contributed by atoms with E-state index >= 15 is 0 Å². The number of hydrogen-bond donors (Lipinski definition) is 1. The van der Waals surface area contributed by atoms with Crippen LogP contribution in [-0.2, 0) is 0 Å². The van der Waals surface area contributed by atoms with Crippen LogP contribution in [0.3, 0.4) is 0 Å². The van der Waals surface area contributed by atoms with Gasteiger partial charge in [0.05, 0.1) is 0 Å². The number of hydrogen-bond acceptors (Lipinski definition) is 3. The maximum atomic E-state index is 8.68. The first kappa shape index (κ1) is 7.07. The van der Waals surface area contributed by atoms with Gasteiger partial charge in [-0.15, -0.1) is 0 Å². The van der Waals surface area contributed by atoms with Crippen LogP contribution >= 0.6 is 11.3 Å². The van der Waals surface area contributed by atoms with Crippen LogP contribution in [0.5, 0.6) is 0 Å². The highest BCUT2D eigenvalue weighted by Crippen LogP contribution is 2.23. The lowest BCUT2D eigenvalue weighted by Gasteiger charge is -1.88. The molecule has 0 atom stereocenters. The molecular weight excluding hydrogens is 170 g/mol. The van der Waals surface area contributed by atoms with Gasteiger partial charge in [-0.25, -0.2) is 0 Å². The molecule has 0 saturated carbocycles. The van der Waals surface area contributed by atoms with E-state index in [9.17, 15) is 0 Å². The highest BCUT2D eigenvalue weighted by atomic mass is 32.1. The van der Waals surface area contributed by atoms with Gasteiger partial charge in [-0.2, -0.15) is 21.7 Å². The molecule has 0 unspecified atom stereocenters. The Morgan fingerprint density at radius 3 is 3.17 bits per heavy atom. The molecule has 12 heavy (non-hydrogen) atoms. The van der Waals surface area contributed by atoms with E-state index in [4.69, 9.17) is 5.26 Å². The van der Waals surface area contributed by atoms with Gasteiger partial charge in [-0.1, -0.05) is 0 Å². The highest BCUT2D eigenvalue weighted by Gasteiger charge is 2.06. The van der Waals surface area contributed by atoms with Crippen molar-refractivity contribution in [1.29, 1.82) is 5.26 Å². The number of thiophene rings is 1. The van der Waals surface area contributed by atoms with Crippen molar-refractivity contribution in [2.45, 2.75) is 0 Å². The molecule has 3 nitrogen and oxygen atoms in total. The zero-order valence-electron chi connectivity index (χ0n) is 6.11. The second-order valence-corrected chi connectivity index (χ2v) is 3.05. The molecule has 0 saturated heterocycles. The van der Waals surface area contributed by atoms with E-state index in [-0.39, 0.29) is 0 Å². The van der Waals surface area contributed by atoms with Crippen LogP contribution in [-0.4, -0.2) is 10.2 Å². The average Bonchev–Trinajstić information content (AvgIpc) is 2.74. The zero-order chi connectivity index (χ0) is 8.39. The summed E-state index contributed by atoms with van der Waals surface area (Å²) in [5.74, 6) is 0. The van der Waals surface area contributed by atoms with Gasteiger partial charge < -0.3 is 0 Å². The van der Waals surface area contributed by atoms with Gasteiger partial charge in [0.2, 0.25) is 0 Å². The van der Waals surface area contributed by atoms with Crippen LogP contribution in [0, 0.1) is 11.3 Å². The normalized spacial score (nSPS) is 9.58. The van der Waals surface area contributed by atoms with Crippen LogP contribution in [0.2, 0.25) is 0 Å². The quantitative estimate of drug-likeness (QED) is 0.720. The van der Waals surface area contributed by atoms with Crippen LogP contribution in [0.4, 0.5) is 0 Å². The van der Waals surface area contributed by atoms with E-state index in [0.717, 1.165) is 11.1 Å². The van der Waals surface area contributed by atoms with Crippen LogP contribution < -0.4 is 0 Å². The Kier molecular flexibility index (Phi) is 1.65. The fraction of sp³-hybridized carbons (Fsp3) is 0. The fourth-order valence-electron chi connectivity index (χ4n) is 1.01. The van der Waals surface area contributed by atoms with Crippen molar-refractivity contribution in [2.24, 2.45) is 0 Å². The van der Waals surface area contributed by atoms with Gasteiger partial charge in [0, 0.05) is 11.8 Å². The van der Waals surface area contributed by atoms with Crippen LogP contribution in [0.15, 0.2) is 23.0 Å². The maximum Gasteiger partial charge on any atom is 0.170 e. The largest absolute Gasteiger partial charge is 0.284 e. The number of aromatic amines is 1. The zero-order valence-corrected chi connectivity index (χ0v) is 6.93. The Morgan fingerprint density at radius 1 is 1.58 bits per heavy atom. The fourth-order valence-corrected chi connectivity index (χ4v) is 1.67. The summed E-state index contributed by atoms with van der Waals surface area (Å²) in [6, 6.07) is 3.99. The van der Waals surface area contributed by atoms with Crippen molar-refractivity contribution in [2.75, 3.05) is 0 Å². The number of H-pyrrole nitrogens is 1. The number of rotatable bonds is 1. The van der Waals surface area contributed by atoms with E-state index in [1.165, 1.54) is 0 Å². The monoisotopic (exact) mass is 175 g/mol. The minimum atomic E-state index is 0.452. The Balaban J connectivity index is 2.55. The number of nitrogens with one attached hydrogen (secondary N) is 1.